The van der Waals surface area contributed by atoms with Crippen LogP contribution in [0.1, 0.15) is 55.6 Å². The monoisotopic (exact) mass is 702 g/mol. The van der Waals surface area contributed by atoms with Gasteiger partial charge in [-0.3, -0.25) is 0 Å². The lowest BCUT2D eigenvalue weighted by atomic mass is 9.88. The number of halogens is 8. The van der Waals surface area contributed by atoms with Gasteiger partial charge in [-0.1, -0.05) is 12.1 Å². The molecule has 2 aliphatic rings. The molecule has 0 N–H and O–H groups in total. The third kappa shape index (κ3) is 5.06. The van der Waals surface area contributed by atoms with Crippen molar-refractivity contribution in [2.75, 3.05) is 0 Å². The predicted molar refractivity (Wildman–Crippen MR) is 160 cm³/mol. The Morgan fingerprint density at radius 3 is 1.04 bits per heavy atom. The number of nitriles is 8. The zero-order valence-electron chi connectivity index (χ0n) is 25.1. The molecule has 2 aliphatic carbocycles. The van der Waals surface area contributed by atoms with E-state index in [1.807, 2.05) is 0 Å². The number of allylic oxidation sites excluding steroid dienone is 8. The molecule has 3 aromatic rings. The van der Waals surface area contributed by atoms with Crippen molar-refractivity contribution in [1.29, 1.82) is 42.1 Å². The van der Waals surface area contributed by atoms with Crippen molar-refractivity contribution in [3.05, 3.63) is 115 Å². The van der Waals surface area contributed by atoms with Gasteiger partial charge in [-0.25, -0.2) is 8.78 Å². The number of nitrogens with zero attached hydrogens (tertiary/aromatic N) is 8. The third-order valence-electron chi connectivity index (χ3n) is 8.02. The fourth-order valence-electron chi connectivity index (χ4n) is 6.02. The van der Waals surface area contributed by atoms with Crippen LogP contribution in [0.4, 0.5) is 35.1 Å². The van der Waals surface area contributed by atoms with E-state index < -0.39 is 124 Å². The molecule has 3 aromatic carbocycles. The van der Waals surface area contributed by atoms with E-state index in [2.05, 4.69) is 0 Å². The summed E-state index contributed by atoms with van der Waals surface area (Å²) < 4.78 is 118. The van der Waals surface area contributed by atoms with E-state index in [4.69, 9.17) is 0 Å². The molecule has 0 saturated carbocycles. The number of fused-ring (bicyclic) bond motifs is 2. The van der Waals surface area contributed by atoms with Gasteiger partial charge in [-0.2, -0.15) is 68.4 Å². The molecule has 0 saturated heterocycles. The highest BCUT2D eigenvalue weighted by molar-refractivity contribution is 6.30. The highest BCUT2D eigenvalue weighted by Crippen LogP contribution is 2.57. The summed E-state index contributed by atoms with van der Waals surface area (Å²) in [5.74, 6) is -3.39. The normalized spacial score (nSPS) is 13.0. The maximum absolute atomic E-state index is 17.1. The molecule has 0 atom stereocenters. The van der Waals surface area contributed by atoms with E-state index in [-0.39, 0.29) is 0 Å². The van der Waals surface area contributed by atoms with Gasteiger partial charge < -0.3 is 0 Å². The minimum atomic E-state index is -5.18. The summed E-state index contributed by atoms with van der Waals surface area (Å²) in [6.07, 6.45) is -10.4. The lowest BCUT2D eigenvalue weighted by Crippen LogP contribution is -2.08. The Kier molecular flexibility index (Phi) is 8.45. The highest BCUT2D eigenvalue weighted by atomic mass is 19.4. The van der Waals surface area contributed by atoms with Crippen molar-refractivity contribution in [2.24, 2.45) is 0 Å². The maximum Gasteiger partial charge on any atom is 0.417 e. The van der Waals surface area contributed by atoms with E-state index in [1.54, 1.807) is 0 Å². The average molecular weight is 702 g/mol. The zero-order valence-corrected chi connectivity index (χ0v) is 25.1. The lowest BCUT2D eigenvalue weighted by molar-refractivity contribution is -0.138. The molecule has 0 radical (unpaired) electrons. The fraction of sp³-hybridized carbons (Fsp3) is 0.0556. The molecule has 0 unspecified atom stereocenters. The van der Waals surface area contributed by atoms with Crippen molar-refractivity contribution in [1.82, 2.24) is 0 Å². The van der Waals surface area contributed by atoms with Gasteiger partial charge in [0.1, 0.15) is 59.2 Å². The SMILES string of the molecule is N#CC(C#N)=C1C(c2ccc(C#N)c(C(F)(F)F)c2)=C(C#N)c2c(F)c3c(c(F)c21)C(C#N)=C(c1ccc(C#N)c(C(F)(F)F)c1)C3=C(C#N)C#N. The molecular weight excluding hydrogens is 696 g/mol. The van der Waals surface area contributed by atoms with E-state index in [0.717, 1.165) is 12.1 Å². The van der Waals surface area contributed by atoms with Gasteiger partial charge >= 0.3 is 12.4 Å². The average Bonchev–Trinajstić information content (AvgIpc) is 3.65. The van der Waals surface area contributed by atoms with E-state index >= 15 is 8.78 Å². The zero-order chi connectivity index (χ0) is 38.4. The van der Waals surface area contributed by atoms with E-state index in [9.17, 15) is 68.4 Å². The van der Waals surface area contributed by atoms with Gasteiger partial charge in [-0.05, 0) is 35.4 Å². The van der Waals surface area contributed by atoms with Gasteiger partial charge in [0, 0.05) is 44.5 Å². The van der Waals surface area contributed by atoms with Crippen molar-refractivity contribution in [2.45, 2.75) is 12.4 Å². The summed E-state index contributed by atoms with van der Waals surface area (Å²) >= 11 is 0. The molecule has 16 heteroatoms. The summed E-state index contributed by atoms with van der Waals surface area (Å²) in [5.41, 5.74) is -17.8. The number of hydrogen-bond donors (Lipinski definition) is 0. The molecule has 0 fully saturated rings. The van der Waals surface area contributed by atoms with E-state index in [0.29, 0.717) is 24.3 Å². The van der Waals surface area contributed by atoms with Crippen LogP contribution in [0, 0.1) is 102 Å². The van der Waals surface area contributed by atoms with Crippen LogP contribution in [0.15, 0.2) is 47.5 Å². The topological polar surface area (TPSA) is 190 Å². The Morgan fingerprint density at radius 2 is 0.788 bits per heavy atom. The molecular formula is C36H6F8N8. The van der Waals surface area contributed by atoms with Crippen molar-refractivity contribution in [3.63, 3.8) is 0 Å². The molecule has 0 heterocycles. The summed E-state index contributed by atoms with van der Waals surface area (Å²) in [5, 5.41) is 78.3. The Morgan fingerprint density at radius 1 is 0.462 bits per heavy atom. The molecule has 246 valence electrons. The Labute approximate surface area is 286 Å². The number of alkyl halides is 6. The lowest BCUT2D eigenvalue weighted by Gasteiger charge is -2.15. The quantitative estimate of drug-likeness (QED) is 0.188. The van der Waals surface area contributed by atoms with Crippen LogP contribution in [0.5, 0.6) is 0 Å². The molecule has 0 aliphatic heterocycles. The van der Waals surface area contributed by atoms with Crippen LogP contribution >= 0.6 is 0 Å². The second-order valence-electron chi connectivity index (χ2n) is 10.5. The number of benzene rings is 3. The fourth-order valence-corrected chi connectivity index (χ4v) is 6.02. The molecule has 0 bridgehead atoms. The Hall–Kier alpha value is -8.02. The van der Waals surface area contributed by atoms with Gasteiger partial charge in [0.2, 0.25) is 0 Å². The van der Waals surface area contributed by atoms with E-state index in [1.165, 1.54) is 48.6 Å². The summed E-state index contributed by atoms with van der Waals surface area (Å²) in [4.78, 5) is 0. The van der Waals surface area contributed by atoms with Crippen molar-refractivity contribution >= 4 is 33.4 Å². The largest absolute Gasteiger partial charge is 0.417 e. The minimum Gasteiger partial charge on any atom is -0.206 e. The smallest absolute Gasteiger partial charge is 0.206 e. The Bertz CT molecular complexity index is 2480. The predicted octanol–water partition coefficient (Wildman–Crippen LogP) is 8.24. The maximum atomic E-state index is 17.1. The van der Waals surface area contributed by atoms with Crippen LogP contribution in [0.25, 0.3) is 33.4 Å². The summed E-state index contributed by atoms with van der Waals surface area (Å²) in [6, 6.07) is 15.1. The van der Waals surface area contributed by atoms with Gasteiger partial charge in [0.15, 0.2) is 0 Å². The van der Waals surface area contributed by atoms with Crippen molar-refractivity contribution < 1.29 is 35.1 Å². The molecule has 52 heavy (non-hydrogen) atoms. The Balaban J connectivity index is 2.02. The molecule has 0 aromatic heterocycles. The van der Waals surface area contributed by atoms with Crippen LogP contribution in [0.2, 0.25) is 0 Å². The molecule has 5 rings (SSSR count). The first-order valence-corrected chi connectivity index (χ1v) is 13.8. The standard InChI is InChI=1S/C36H6F8N8/c37-33-29-21(13-51)25(15-1-3-17(7-45)23(5-15)35(39,40)41)27(19(9-47)10-48)31(29)34(38)30-22(14-52)26(28(32(30)33)20(11-49)12-50)16-2-4-18(8-46)24(6-16)36(42,43)44/h1-6H. The second kappa shape index (κ2) is 12.5. The first kappa shape index (κ1) is 35.3. The van der Waals surface area contributed by atoms with Gasteiger partial charge in [0.25, 0.3) is 0 Å². The first-order valence-electron chi connectivity index (χ1n) is 13.8. The minimum absolute atomic E-state index is 0.351. The van der Waals surface area contributed by atoms with Crippen molar-refractivity contribution in [3.8, 4) is 48.6 Å². The van der Waals surface area contributed by atoms with Crippen LogP contribution in [-0.4, -0.2) is 0 Å². The molecule has 0 amide bonds. The highest BCUT2D eigenvalue weighted by Gasteiger charge is 2.45. The third-order valence-corrected chi connectivity index (χ3v) is 8.02. The van der Waals surface area contributed by atoms with Crippen LogP contribution < -0.4 is 0 Å². The first-order chi connectivity index (χ1) is 24.6. The summed E-state index contributed by atoms with van der Waals surface area (Å²) in [7, 11) is 0. The van der Waals surface area contributed by atoms with Gasteiger partial charge in [0.05, 0.1) is 45.5 Å². The second-order valence-corrected chi connectivity index (χ2v) is 10.5. The molecule has 8 nitrogen and oxygen atoms in total. The van der Waals surface area contributed by atoms with Gasteiger partial charge in [-0.15, -0.1) is 0 Å². The number of hydrogen-bond acceptors (Lipinski definition) is 8. The summed E-state index contributed by atoms with van der Waals surface area (Å²) in [6.45, 7) is 0. The van der Waals surface area contributed by atoms with Crippen LogP contribution in [0.3, 0.4) is 0 Å². The van der Waals surface area contributed by atoms with Crippen LogP contribution in [-0.2, 0) is 12.4 Å². The molecule has 0 spiro atoms. The number of rotatable bonds is 2.